The fraction of sp³-hybridized carbons (Fsp3) is 0.385. The number of hydrogen-bond donors (Lipinski definition) is 4. The molecule has 4 fully saturated rings. The highest BCUT2D eigenvalue weighted by Gasteiger charge is 2.58. The van der Waals surface area contributed by atoms with Crippen molar-refractivity contribution in [1.82, 2.24) is 9.97 Å². The van der Waals surface area contributed by atoms with Gasteiger partial charge in [0, 0.05) is 73.3 Å². The first-order valence-electron chi connectivity index (χ1n) is 17.4. The Morgan fingerprint density at radius 3 is 1.48 bits per heavy atom. The number of aliphatic hydroxyl groups excluding tert-OH is 2. The summed E-state index contributed by atoms with van der Waals surface area (Å²) in [5.41, 5.74) is 1.07. The molecule has 284 valence electrons. The van der Waals surface area contributed by atoms with Crippen molar-refractivity contribution in [3.8, 4) is 0 Å². The summed E-state index contributed by atoms with van der Waals surface area (Å²) in [4.78, 5) is 33.8. The van der Waals surface area contributed by atoms with E-state index in [4.69, 9.17) is 9.47 Å². The van der Waals surface area contributed by atoms with E-state index in [1.165, 1.54) is 30.3 Å². The second-order valence-corrected chi connectivity index (χ2v) is 14.1. The van der Waals surface area contributed by atoms with Crippen molar-refractivity contribution in [2.75, 3.05) is 10.6 Å². The molecule has 2 aromatic carbocycles. The Kier molecular flexibility index (Phi) is 10.3. The summed E-state index contributed by atoms with van der Waals surface area (Å²) in [5, 5.41) is 25.7. The van der Waals surface area contributed by atoms with E-state index in [1.807, 2.05) is 0 Å². The second kappa shape index (κ2) is 14.8. The topological polar surface area (TPSA) is 143 Å². The zero-order valence-corrected chi connectivity index (χ0v) is 28.7. The number of halogens is 5. The monoisotopic (exact) mass is 752 g/mol. The Morgan fingerprint density at radius 2 is 1.07 bits per heavy atom. The number of rotatable bonds is 7. The van der Waals surface area contributed by atoms with E-state index >= 15 is 0 Å². The van der Waals surface area contributed by atoms with Crippen molar-refractivity contribution >= 4 is 23.2 Å². The van der Waals surface area contributed by atoms with Crippen LogP contribution in [0.3, 0.4) is 0 Å². The molecule has 0 saturated carbocycles. The van der Waals surface area contributed by atoms with Crippen molar-refractivity contribution in [2.24, 2.45) is 11.8 Å². The van der Waals surface area contributed by atoms with Gasteiger partial charge in [-0.2, -0.15) is 13.2 Å². The summed E-state index contributed by atoms with van der Waals surface area (Å²) in [6, 6.07) is 17.3. The van der Waals surface area contributed by atoms with E-state index in [2.05, 4.69) is 20.6 Å². The van der Waals surface area contributed by atoms with Crippen LogP contribution >= 0.6 is 0 Å². The van der Waals surface area contributed by atoms with Crippen molar-refractivity contribution in [1.29, 1.82) is 0 Å². The van der Waals surface area contributed by atoms with Crippen molar-refractivity contribution in [3.05, 3.63) is 120 Å². The Balaban J connectivity index is 0.000000167. The molecule has 4 N–H and O–H groups in total. The van der Waals surface area contributed by atoms with Crippen LogP contribution in [0.1, 0.15) is 53.9 Å². The number of ether oxygens (including phenoxy) is 2. The third-order valence-corrected chi connectivity index (χ3v) is 10.5. The lowest BCUT2D eigenvalue weighted by molar-refractivity contribution is -0.137. The maximum Gasteiger partial charge on any atom is 0.416 e. The van der Waals surface area contributed by atoms with E-state index in [0.29, 0.717) is 18.5 Å². The van der Waals surface area contributed by atoms with Gasteiger partial charge in [-0.25, -0.2) is 8.78 Å². The number of nitrogens with zero attached hydrogens (tertiary/aromatic N) is 2. The SMILES string of the molecule is CC(F)(F)c1cccc(NC(=O)[C@H]2[C@@H](c3ccncc3)[C@H]3O[C@@H]2C[C@@H]3O)c1.O=C(Nc1cccc(C(F)(F)F)c1)[C@@H]1[C@H](c2ccncc2)[C@@H]2O[C@H]1C[C@H]2O. The minimum atomic E-state index is -4.49. The van der Waals surface area contributed by atoms with Crippen molar-refractivity contribution < 1.29 is 51.2 Å². The highest BCUT2D eigenvalue weighted by Crippen LogP contribution is 2.50. The number of aromatic nitrogens is 2. The molecule has 2 amide bonds. The smallest absolute Gasteiger partial charge is 0.390 e. The number of nitrogens with one attached hydrogen (secondary N) is 2. The van der Waals surface area contributed by atoms with Crippen LogP contribution in [0.5, 0.6) is 0 Å². The van der Waals surface area contributed by atoms with Crippen LogP contribution < -0.4 is 10.6 Å². The molecule has 4 saturated heterocycles. The highest BCUT2D eigenvalue weighted by molar-refractivity contribution is 5.95. The highest BCUT2D eigenvalue weighted by atomic mass is 19.4. The van der Waals surface area contributed by atoms with Gasteiger partial charge < -0.3 is 30.3 Å². The summed E-state index contributed by atoms with van der Waals surface area (Å²) in [6.07, 6.45) is -0.479. The summed E-state index contributed by atoms with van der Waals surface area (Å²) in [6.45, 7) is 0.818. The molecule has 8 rings (SSSR count). The number of anilines is 2. The van der Waals surface area contributed by atoms with Crippen molar-refractivity contribution in [2.45, 2.75) is 80.3 Å². The van der Waals surface area contributed by atoms with Crippen LogP contribution in [0, 0.1) is 11.8 Å². The molecule has 4 bridgehead atoms. The number of benzene rings is 2. The number of alkyl halides is 5. The fourth-order valence-electron chi connectivity index (χ4n) is 8.15. The number of carbonyl (C=O) groups excluding carboxylic acids is 2. The third-order valence-electron chi connectivity index (χ3n) is 10.5. The zero-order valence-electron chi connectivity index (χ0n) is 28.7. The minimum absolute atomic E-state index is 0.0756. The van der Waals surface area contributed by atoms with Crippen LogP contribution in [-0.2, 0) is 31.2 Å². The van der Waals surface area contributed by atoms with Crippen LogP contribution in [-0.4, -0.2) is 68.6 Å². The van der Waals surface area contributed by atoms with Gasteiger partial charge in [0.1, 0.15) is 0 Å². The van der Waals surface area contributed by atoms with E-state index in [9.17, 15) is 41.8 Å². The van der Waals surface area contributed by atoms with Gasteiger partial charge >= 0.3 is 6.18 Å². The predicted molar refractivity (Wildman–Crippen MR) is 184 cm³/mol. The lowest BCUT2D eigenvalue weighted by atomic mass is 9.74. The molecule has 6 heterocycles. The molecule has 4 aliphatic heterocycles. The van der Waals surface area contributed by atoms with Gasteiger partial charge in [-0.3, -0.25) is 19.6 Å². The number of hydrogen-bond acceptors (Lipinski definition) is 8. The first-order chi connectivity index (χ1) is 25.7. The van der Waals surface area contributed by atoms with Crippen LogP contribution in [0.2, 0.25) is 0 Å². The average Bonchev–Trinajstić information content (AvgIpc) is 3.91. The van der Waals surface area contributed by atoms with Gasteiger partial charge in [-0.15, -0.1) is 0 Å². The van der Waals surface area contributed by atoms with Gasteiger partial charge in [-0.05, 0) is 65.7 Å². The fourth-order valence-corrected chi connectivity index (χ4v) is 8.15. The first-order valence-corrected chi connectivity index (χ1v) is 17.4. The number of carbonyl (C=O) groups is 2. The van der Waals surface area contributed by atoms with E-state index in [-0.39, 0.29) is 29.0 Å². The number of fused-ring (bicyclic) bond motifs is 4. The maximum absolute atomic E-state index is 13.6. The summed E-state index contributed by atoms with van der Waals surface area (Å²) >= 11 is 0. The molecular formula is C39H37F5N4O6. The molecule has 0 aliphatic carbocycles. The number of amides is 2. The molecular weight excluding hydrogens is 715 g/mol. The predicted octanol–water partition coefficient (Wildman–Crippen LogP) is 6.03. The van der Waals surface area contributed by atoms with Gasteiger partial charge in [0.2, 0.25) is 11.8 Å². The summed E-state index contributed by atoms with van der Waals surface area (Å²) in [5.74, 6) is -5.50. The quantitative estimate of drug-likeness (QED) is 0.168. The second-order valence-electron chi connectivity index (χ2n) is 14.1. The normalized spacial score (nSPS) is 29.7. The Labute approximate surface area is 306 Å². The maximum atomic E-state index is 13.6. The first kappa shape index (κ1) is 37.5. The van der Waals surface area contributed by atoms with E-state index in [0.717, 1.165) is 30.2 Å². The van der Waals surface area contributed by atoms with E-state index < -0.39 is 72.0 Å². The molecule has 2 aromatic heterocycles. The Hall–Kier alpha value is -4.83. The Bertz CT molecular complexity index is 1830. The van der Waals surface area contributed by atoms with Gasteiger partial charge in [0.05, 0.1) is 54.0 Å². The minimum Gasteiger partial charge on any atom is -0.390 e. The van der Waals surface area contributed by atoms with Gasteiger partial charge in [0.15, 0.2) is 0 Å². The van der Waals surface area contributed by atoms with Gasteiger partial charge in [-0.1, -0.05) is 18.2 Å². The van der Waals surface area contributed by atoms with Crippen LogP contribution in [0.4, 0.5) is 33.3 Å². The molecule has 54 heavy (non-hydrogen) atoms. The van der Waals surface area contributed by atoms with Crippen LogP contribution in [0.25, 0.3) is 0 Å². The molecule has 0 unspecified atom stereocenters. The standard InChI is InChI=1S/C20H20F2N2O3.C19H17F3N2O3/c1-20(21,22)12-3-2-4-13(9-12)24-19(26)17-15-10-14(25)18(27-15)16(17)11-5-7-23-8-6-11;20-19(21,22)11-2-1-3-12(8-11)24-18(26)16-14-9-13(25)17(27-14)15(16)10-4-6-23-7-5-10/h2-9,14-18,25H,10H2,1H3,(H,24,26);1-8,13-17,25H,9H2,(H,24,26)/t14-,15+,16+,17+,18-;13-,14+,15+,16+,17-/m01/s1. The zero-order chi connectivity index (χ0) is 38.4. The molecule has 10 nitrogen and oxygen atoms in total. The molecule has 15 heteroatoms. The van der Waals surface area contributed by atoms with E-state index in [1.54, 1.807) is 55.1 Å². The average molecular weight is 753 g/mol. The molecule has 4 aromatic rings. The molecule has 4 aliphatic rings. The summed E-state index contributed by atoms with van der Waals surface area (Å²) in [7, 11) is 0. The lowest BCUT2D eigenvalue weighted by Crippen LogP contribution is -2.41. The Morgan fingerprint density at radius 1 is 0.667 bits per heavy atom. The molecule has 0 spiro atoms. The number of aliphatic hydroxyl groups is 2. The lowest BCUT2D eigenvalue weighted by Gasteiger charge is -2.30. The molecule has 0 radical (unpaired) electrons. The summed E-state index contributed by atoms with van der Waals surface area (Å²) < 4.78 is 77.4. The third kappa shape index (κ3) is 7.58. The largest absolute Gasteiger partial charge is 0.416 e. The van der Waals surface area contributed by atoms with Gasteiger partial charge in [0.25, 0.3) is 5.92 Å². The van der Waals surface area contributed by atoms with Crippen LogP contribution in [0.15, 0.2) is 97.6 Å². The number of pyridine rings is 2. The molecule has 10 atom stereocenters. The van der Waals surface area contributed by atoms with Crippen molar-refractivity contribution in [3.63, 3.8) is 0 Å².